The van der Waals surface area contributed by atoms with Gasteiger partial charge in [-0.2, -0.15) is 0 Å². The number of hydrogen-bond acceptors (Lipinski definition) is 2. The van der Waals surface area contributed by atoms with Gasteiger partial charge in [-0.15, -0.1) is 0 Å². The van der Waals surface area contributed by atoms with Gasteiger partial charge in [0.1, 0.15) is 5.75 Å². The molecule has 1 saturated heterocycles. The fourth-order valence-corrected chi connectivity index (χ4v) is 3.20. The van der Waals surface area contributed by atoms with E-state index in [1.54, 1.807) is 7.11 Å². The Bertz CT molecular complexity index is 550. The number of nitrogens with zero attached hydrogens (tertiary/aromatic N) is 1. The molecule has 0 spiro atoms. The van der Waals surface area contributed by atoms with Crippen LogP contribution in [0.1, 0.15) is 36.4 Å². The van der Waals surface area contributed by atoms with Crippen molar-refractivity contribution >= 4 is 0 Å². The van der Waals surface area contributed by atoms with Crippen molar-refractivity contribution in [3.8, 4) is 5.75 Å². The maximum atomic E-state index is 5.27. The van der Waals surface area contributed by atoms with Gasteiger partial charge in [0, 0.05) is 12.6 Å². The van der Waals surface area contributed by atoms with Crippen molar-refractivity contribution in [1.29, 1.82) is 0 Å². The lowest BCUT2D eigenvalue weighted by Crippen LogP contribution is -2.32. The van der Waals surface area contributed by atoms with E-state index in [1.165, 1.54) is 36.9 Å². The first-order chi connectivity index (χ1) is 10.4. The summed E-state index contributed by atoms with van der Waals surface area (Å²) in [6.45, 7) is 2.23. The molecule has 0 radical (unpaired) electrons. The molecule has 21 heavy (non-hydrogen) atoms. The molecule has 1 fully saturated rings. The Balaban J connectivity index is 1.77. The third-order valence-electron chi connectivity index (χ3n) is 4.34. The van der Waals surface area contributed by atoms with Crippen molar-refractivity contribution in [2.45, 2.75) is 31.8 Å². The molecule has 0 amide bonds. The lowest BCUT2D eigenvalue weighted by atomic mass is 9.94. The molecule has 3 rings (SSSR count). The molecule has 1 heterocycles. The molecule has 0 aromatic heterocycles. The van der Waals surface area contributed by atoms with Crippen molar-refractivity contribution in [3.63, 3.8) is 0 Å². The topological polar surface area (TPSA) is 12.5 Å². The van der Waals surface area contributed by atoms with E-state index < -0.39 is 0 Å². The minimum atomic E-state index is 0.532. The van der Waals surface area contributed by atoms with Crippen LogP contribution < -0.4 is 4.74 Å². The average Bonchev–Trinajstić information content (AvgIpc) is 2.56. The van der Waals surface area contributed by atoms with Gasteiger partial charge in [0.25, 0.3) is 0 Å². The van der Waals surface area contributed by atoms with Crippen LogP contribution in [0.25, 0.3) is 0 Å². The highest BCUT2D eigenvalue weighted by atomic mass is 16.5. The molecule has 0 aliphatic carbocycles. The quantitative estimate of drug-likeness (QED) is 0.822. The molecule has 0 bridgehead atoms. The molecule has 2 aromatic carbocycles. The molecule has 2 heteroatoms. The monoisotopic (exact) mass is 281 g/mol. The largest absolute Gasteiger partial charge is 0.497 e. The van der Waals surface area contributed by atoms with E-state index in [0.717, 1.165) is 12.3 Å². The number of likely N-dealkylation sites (tertiary alicyclic amines) is 1. The highest BCUT2D eigenvalue weighted by Gasteiger charge is 2.23. The summed E-state index contributed by atoms with van der Waals surface area (Å²) in [6.07, 6.45) is 3.88. The molecule has 0 N–H and O–H groups in total. The molecular formula is C19H23NO. The van der Waals surface area contributed by atoms with Gasteiger partial charge < -0.3 is 4.74 Å². The van der Waals surface area contributed by atoms with Crippen LogP contribution in [0.3, 0.4) is 0 Å². The molecule has 2 aromatic rings. The van der Waals surface area contributed by atoms with E-state index >= 15 is 0 Å². The zero-order valence-electron chi connectivity index (χ0n) is 12.7. The number of rotatable bonds is 4. The Morgan fingerprint density at radius 3 is 2.48 bits per heavy atom. The molecule has 1 atom stereocenters. The van der Waals surface area contributed by atoms with Crippen LogP contribution in [-0.2, 0) is 6.54 Å². The van der Waals surface area contributed by atoms with Gasteiger partial charge in [0.05, 0.1) is 7.11 Å². The van der Waals surface area contributed by atoms with Crippen molar-refractivity contribution in [2.24, 2.45) is 0 Å². The van der Waals surface area contributed by atoms with Gasteiger partial charge >= 0.3 is 0 Å². The number of piperidine rings is 1. The zero-order chi connectivity index (χ0) is 14.5. The van der Waals surface area contributed by atoms with E-state index in [4.69, 9.17) is 4.74 Å². The first-order valence-corrected chi connectivity index (χ1v) is 7.79. The van der Waals surface area contributed by atoms with Crippen LogP contribution in [-0.4, -0.2) is 18.6 Å². The average molecular weight is 281 g/mol. The third kappa shape index (κ3) is 3.45. The predicted molar refractivity (Wildman–Crippen MR) is 86.4 cm³/mol. The van der Waals surface area contributed by atoms with E-state index in [-0.39, 0.29) is 0 Å². The van der Waals surface area contributed by atoms with Gasteiger partial charge in [0.15, 0.2) is 0 Å². The number of benzene rings is 2. The standard InChI is InChI=1S/C19H23NO/c1-21-18-12-10-17(11-13-18)19-9-5-6-14-20(19)15-16-7-3-2-4-8-16/h2-4,7-8,10-13,19H,5-6,9,14-15H2,1H3. The Morgan fingerprint density at radius 2 is 1.76 bits per heavy atom. The second-order valence-corrected chi connectivity index (χ2v) is 5.74. The fraction of sp³-hybridized carbons (Fsp3) is 0.368. The summed E-state index contributed by atoms with van der Waals surface area (Å²) in [5, 5.41) is 0. The second kappa shape index (κ2) is 6.77. The minimum Gasteiger partial charge on any atom is -0.497 e. The van der Waals surface area contributed by atoms with Crippen LogP contribution >= 0.6 is 0 Å². The van der Waals surface area contributed by atoms with Crippen molar-refractivity contribution in [1.82, 2.24) is 4.90 Å². The summed E-state index contributed by atoms with van der Waals surface area (Å²) < 4.78 is 5.27. The van der Waals surface area contributed by atoms with Crippen LogP contribution in [0.4, 0.5) is 0 Å². The number of hydrogen-bond donors (Lipinski definition) is 0. The van der Waals surface area contributed by atoms with Crippen molar-refractivity contribution in [3.05, 3.63) is 65.7 Å². The van der Waals surface area contributed by atoms with Crippen LogP contribution in [0.5, 0.6) is 5.75 Å². The van der Waals surface area contributed by atoms with Gasteiger partial charge in [0.2, 0.25) is 0 Å². The summed E-state index contributed by atoms with van der Waals surface area (Å²) >= 11 is 0. The first kappa shape index (κ1) is 14.2. The van der Waals surface area contributed by atoms with Crippen LogP contribution in [0.2, 0.25) is 0 Å². The lowest BCUT2D eigenvalue weighted by Gasteiger charge is -2.36. The minimum absolute atomic E-state index is 0.532. The van der Waals surface area contributed by atoms with Crippen LogP contribution in [0.15, 0.2) is 54.6 Å². The predicted octanol–water partition coefficient (Wildman–Crippen LogP) is 4.42. The SMILES string of the molecule is COc1ccc(C2CCCCN2Cc2ccccc2)cc1. The highest BCUT2D eigenvalue weighted by molar-refractivity contribution is 5.29. The lowest BCUT2D eigenvalue weighted by molar-refractivity contribution is 0.140. The van der Waals surface area contributed by atoms with Crippen molar-refractivity contribution < 1.29 is 4.74 Å². The fourth-order valence-electron chi connectivity index (χ4n) is 3.20. The molecule has 0 saturated carbocycles. The maximum absolute atomic E-state index is 5.27. The normalized spacial score (nSPS) is 19.4. The molecule has 1 aliphatic heterocycles. The van der Waals surface area contributed by atoms with Crippen molar-refractivity contribution in [2.75, 3.05) is 13.7 Å². The third-order valence-corrected chi connectivity index (χ3v) is 4.34. The molecule has 1 unspecified atom stereocenters. The Morgan fingerprint density at radius 1 is 1.00 bits per heavy atom. The summed E-state index contributed by atoms with van der Waals surface area (Å²) in [7, 11) is 1.72. The van der Waals surface area contributed by atoms with Gasteiger partial charge in [-0.05, 0) is 42.6 Å². The summed E-state index contributed by atoms with van der Waals surface area (Å²) in [4.78, 5) is 2.61. The second-order valence-electron chi connectivity index (χ2n) is 5.74. The Labute approximate surface area is 127 Å². The summed E-state index contributed by atoms with van der Waals surface area (Å²) in [5.74, 6) is 0.934. The first-order valence-electron chi connectivity index (χ1n) is 7.79. The molecule has 1 aliphatic rings. The molecule has 2 nitrogen and oxygen atoms in total. The van der Waals surface area contributed by atoms with E-state index in [0.29, 0.717) is 6.04 Å². The van der Waals surface area contributed by atoms with Crippen LogP contribution in [0, 0.1) is 0 Å². The van der Waals surface area contributed by atoms with E-state index in [9.17, 15) is 0 Å². The Kier molecular flexibility index (Phi) is 4.56. The zero-order valence-corrected chi connectivity index (χ0v) is 12.7. The van der Waals surface area contributed by atoms with Gasteiger partial charge in [-0.3, -0.25) is 4.90 Å². The molecular weight excluding hydrogens is 258 g/mol. The number of methoxy groups -OCH3 is 1. The van der Waals surface area contributed by atoms with E-state index in [1.807, 2.05) is 0 Å². The molecule has 110 valence electrons. The summed E-state index contributed by atoms with van der Waals surface area (Å²) in [6, 6.07) is 19.9. The maximum Gasteiger partial charge on any atom is 0.118 e. The number of ether oxygens (including phenoxy) is 1. The van der Waals surface area contributed by atoms with Gasteiger partial charge in [-0.25, -0.2) is 0 Å². The highest BCUT2D eigenvalue weighted by Crippen LogP contribution is 2.32. The van der Waals surface area contributed by atoms with Gasteiger partial charge in [-0.1, -0.05) is 48.9 Å². The Hall–Kier alpha value is -1.80. The smallest absolute Gasteiger partial charge is 0.118 e. The summed E-state index contributed by atoms with van der Waals surface area (Å²) in [5.41, 5.74) is 2.81. The van der Waals surface area contributed by atoms with E-state index in [2.05, 4.69) is 59.5 Å².